The molecule has 2 heterocycles. The molecule has 2 aromatic heterocycles. The number of aryl methyl sites for hydroxylation is 1. The van der Waals surface area contributed by atoms with Crippen LogP contribution in [-0.2, 0) is 11.8 Å². The predicted octanol–water partition coefficient (Wildman–Crippen LogP) is 2.19. The van der Waals surface area contributed by atoms with Crippen LogP contribution in [0, 0.1) is 11.3 Å². The summed E-state index contributed by atoms with van der Waals surface area (Å²) < 4.78 is 3.22. The van der Waals surface area contributed by atoms with Crippen LogP contribution < -0.4 is 4.90 Å². The van der Waals surface area contributed by atoms with Gasteiger partial charge in [-0.1, -0.05) is 23.4 Å². The van der Waals surface area contributed by atoms with Crippen LogP contribution in [0.15, 0.2) is 48.9 Å². The maximum Gasteiger partial charge on any atom is 0.251 e. The van der Waals surface area contributed by atoms with Gasteiger partial charge in [0.15, 0.2) is 0 Å². The summed E-state index contributed by atoms with van der Waals surface area (Å²) in [6, 6.07) is 10.9. The van der Waals surface area contributed by atoms with E-state index in [4.69, 9.17) is 5.26 Å². The highest BCUT2D eigenvalue weighted by molar-refractivity contribution is 5.95. The molecule has 3 rings (SSSR count). The van der Waals surface area contributed by atoms with Gasteiger partial charge in [-0.3, -0.25) is 9.48 Å². The maximum atomic E-state index is 13.0. The minimum atomic E-state index is -0.549. The third-order valence-corrected chi connectivity index (χ3v) is 4.05. The molecule has 26 heavy (non-hydrogen) atoms. The van der Waals surface area contributed by atoms with E-state index in [2.05, 4.69) is 21.5 Å². The van der Waals surface area contributed by atoms with Crippen molar-refractivity contribution in [3.05, 3.63) is 48.9 Å². The summed E-state index contributed by atoms with van der Waals surface area (Å²) in [6.07, 6.45) is 5.52. The summed E-state index contributed by atoms with van der Waals surface area (Å²) in [6.45, 7) is 2.10. The van der Waals surface area contributed by atoms with E-state index >= 15 is 0 Å². The molecule has 1 amide bonds. The van der Waals surface area contributed by atoms with Gasteiger partial charge in [0, 0.05) is 31.0 Å². The molecular formula is C18H19N7O. The Hall–Kier alpha value is -3.47. The van der Waals surface area contributed by atoms with Crippen LogP contribution in [-0.4, -0.2) is 37.2 Å². The van der Waals surface area contributed by atoms with E-state index in [1.54, 1.807) is 28.9 Å². The van der Waals surface area contributed by atoms with Gasteiger partial charge in [0.2, 0.25) is 0 Å². The number of nitriles is 1. The normalized spacial score (nSPS) is 11.7. The molecular weight excluding hydrogens is 330 g/mol. The zero-order chi connectivity index (χ0) is 18.5. The number of hydrogen-bond acceptors (Lipinski definition) is 5. The zero-order valence-corrected chi connectivity index (χ0v) is 14.6. The molecule has 3 aromatic rings. The standard InChI is InChI=1S/C18H19N7O/c1-14(25-13-17(21-22-25)15-11-20-23(2)12-15)18(26)24(10-6-9-19)16-7-4-3-5-8-16/h3-5,7-8,11-14H,6,10H2,1-2H3/t14-/m0/s1. The Balaban J connectivity index is 1.83. The molecule has 0 radical (unpaired) electrons. The topological polar surface area (TPSA) is 92.6 Å². The molecule has 0 bridgehead atoms. The van der Waals surface area contributed by atoms with Crippen LogP contribution in [0.5, 0.6) is 0 Å². The highest BCUT2D eigenvalue weighted by atomic mass is 16.2. The highest BCUT2D eigenvalue weighted by Gasteiger charge is 2.24. The van der Waals surface area contributed by atoms with E-state index in [9.17, 15) is 4.79 Å². The molecule has 8 nitrogen and oxygen atoms in total. The van der Waals surface area contributed by atoms with E-state index in [-0.39, 0.29) is 12.3 Å². The summed E-state index contributed by atoms with van der Waals surface area (Å²) in [7, 11) is 1.83. The Labute approximate surface area is 151 Å². The second kappa shape index (κ2) is 7.61. The fourth-order valence-electron chi connectivity index (χ4n) is 2.63. The summed E-state index contributed by atoms with van der Waals surface area (Å²) in [5, 5.41) is 21.3. The quantitative estimate of drug-likeness (QED) is 0.680. The van der Waals surface area contributed by atoms with Gasteiger partial charge >= 0.3 is 0 Å². The molecule has 0 fully saturated rings. The van der Waals surface area contributed by atoms with Crippen LogP contribution in [0.1, 0.15) is 19.4 Å². The second-order valence-electron chi connectivity index (χ2n) is 5.90. The Morgan fingerprint density at radius 2 is 2.08 bits per heavy atom. The number of anilines is 1. The third kappa shape index (κ3) is 3.62. The van der Waals surface area contributed by atoms with Crippen molar-refractivity contribution in [2.45, 2.75) is 19.4 Å². The van der Waals surface area contributed by atoms with Gasteiger partial charge in [-0.05, 0) is 19.1 Å². The van der Waals surface area contributed by atoms with Crippen LogP contribution >= 0.6 is 0 Å². The molecule has 0 spiro atoms. The van der Waals surface area contributed by atoms with Crippen molar-refractivity contribution < 1.29 is 4.79 Å². The minimum Gasteiger partial charge on any atom is -0.310 e. The van der Waals surface area contributed by atoms with Crippen molar-refractivity contribution in [1.82, 2.24) is 24.8 Å². The van der Waals surface area contributed by atoms with Crippen LogP contribution in [0.2, 0.25) is 0 Å². The average Bonchev–Trinajstić information content (AvgIpc) is 3.31. The molecule has 0 aliphatic heterocycles. The molecule has 1 atom stereocenters. The lowest BCUT2D eigenvalue weighted by molar-refractivity contribution is -0.121. The van der Waals surface area contributed by atoms with Gasteiger partial charge in [-0.2, -0.15) is 10.4 Å². The largest absolute Gasteiger partial charge is 0.310 e. The lowest BCUT2D eigenvalue weighted by Crippen LogP contribution is -2.37. The van der Waals surface area contributed by atoms with Gasteiger partial charge in [0.25, 0.3) is 5.91 Å². The summed E-state index contributed by atoms with van der Waals surface area (Å²) in [5.41, 5.74) is 2.25. The third-order valence-electron chi connectivity index (χ3n) is 4.05. The van der Waals surface area contributed by atoms with Crippen molar-refractivity contribution >= 4 is 11.6 Å². The number of nitrogens with zero attached hydrogens (tertiary/aromatic N) is 7. The Kier molecular flexibility index (Phi) is 5.08. The average molecular weight is 349 g/mol. The first-order valence-electron chi connectivity index (χ1n) is 8.24. The number of para-hydroxylation sites is 1. The van der Waals surface area contributed by atoms with Crippen LogP contribution in [0.25, 0.3) is 11.3 Å². The minimum absolute atomic E-state index is 0.144. The van der Waals surface area contributed by atoms with Gasteiger partial charge in [0.1, 0.15) is 11.7 Å². The first kappa shape index (κ1) is 17.4. The van der Waals surface area contributed by atoms with Crippen molar-refractivity contribution in [3.63, 3.8) is 0 Å². The zero-order valence-electron chi connectivity index (χ0n) is 14.6. The molecule has 0 unspecified atom stereocenters. The second-order valence-corrected chi connectivity index (χ2v) is 5.90. The number of aromatic nitrogens is 5. The molecule has 8 heteroatoms. The Morgan fingerprint density at radius 1 is 1.31 bits per heavy atom. The monoisotopic (exact) mass is 349 g/mol. The van der Waals surface area contributed by atoms with Gasteiger partial charge in [0.05, 0.1) is 24.9 Å². The van der Waals surface area contributed by atoms with Crippen LogP contribution in [0.4, 0.5) is 5.69 Å². The summed E-state index contributed by atoms with van der Waals surface area (Å²) >= 11 is 0. The predicted molar refractivity (Wildman–Crippen MR) is 96.0 cm³/mol. The van der Waals surface area contributed by atoms with E-state index in [0.717, 1.165) is 11.3 Å². The molecule has 0 saturated carbocycles. The van der Waals surface area contributed by atoms with Crippen molar-refractivity contribution in [2.75, 3.05) is 11.4 Å². The van der Waals surface area contributed by atoms with E-state index in [1.807, 2.05) is 43.6 Å². The van der Waals surface area contributed by atoms with E-state index < -0.39 is 6.04 Å². The summed E-state index contributed by atoms with van der Waals surface area (Å²) in [5.74, 6) is -0.144. The van der Waals surface area contributed by atoms with E-state index in [1.165, 1.54) is 4.68 Å². The molecule has 0 aliphatic rings. The summed E-state index contributed by atoms with van der Waals surface area (Å²) in [4.78, 5) is 14.6. The first-order chi connectivity index (χ1) is 12.6. The number of rotatable bonds is 6. The van der Waals surface area contributed by atoms with Crippen molar-refractivity contribution in [1.29, 1.82) is 5.26 Å². The van der Waals surface area contributed by atoms with Crippen molar-refractivity contribution in [2.24, 2.45) is 7.05 Å². The fourth-order valence-corrected chi connectivity index (χ4v) is 2.63. The lowest BCUT2D eigenvalue weighted by Gasteiger charge is -2.25. The van der Waals surface area contributed by atoms with Crippen molar-refractivity contribution in [3.8, 4) is 17.3 Å². The number of carbonyl (C=O) groups is 1. The van der Waals surface area contributed by atoms with Crippen LogP contribution in [0.3, 0.4) is 0 Å². The number of benzene rings is 1. The first-order valence-corrected chi connectivity index (χ1v) is 8.24. The van der Waals surface area contributed by atoms with Gasteiger partial charge in [-0.15, -0.1) is 5.10 Å². The number of carbonyl (C=O) groups excluding carboxylic acids is 1. The SMILES string of the molecule is C[C@@H](C(=O)N(CCC#N)c1ccccc1)n1cc(-c2cnn(C)c2)nn1. The number of amides is 1. The van der Waals surface area contributed by atoms with Gasteiger partial charge < -0.3 is 4.90 Å². The number of hydrogen-bond donors (Lipinski definition) is 0. The molecule has 0 N–H and O–H groups in total. The fraction of sp³-hybridized carbons (Fsp3) is 0.278. The highest BCUT2D eigenvalue weighted by Crippen LogP contribution is 2.21. The molecule has 1 aromatic carbocycles. The molecule has 0 aliphatic carbocycles. The van der Waals surface area contributed by atoms with Gasteiger partial charge in [-0.25, -0.2) is 4.68 Å². The van der Waals surface area contributed by atoms with E-state index in [0.29, 0.717) is 12.2 Å². The lowest BCUT2D eigenvalue weighted by atomic mass is 10.2. The maximum absolute atomic E-state index is 13.0. The Morgan fingerprint density at radius 3 is 2.73 bits per heavy atom. The smallest absolute Gasteiger partial charge is 0.251 e. The molecule has 0 saturated heterocycles. The molecule has 132 valence electrons. The Bertz CT molecular complexity index is 922.